The maximum absolute atomic E-state index is 5.97. The van der Waals surface area contributed by atoms with E-state index in [-0.39, 0.29) is 0 Å². The summed E-state index contributed by atoms with van der Waals surface area (Å²) in [7, 11) is 0. The summed E-state index contributed by atoms with van der Waals surface area (Å²) in [4.78, 5) is 0. The second-order valence-electron chi connectivity index (χ2n) is 3.85. The van der Waals surface area contributed by atoms with Crippen LogP contribution in [0.25, 0.3) is 0 Å². The van der Waals surface area contributed by atoms with Gasteiger partial charge in [0.1, 0.15) is 5.75 Å². The number of halogens is 1. The molecule has 0 atom stereocenters. The van der Waals surface area contributed by atoms with Crippen LogP contribution in [0.15, 0.2) is 24.3 Å². The first-order chi connectivity index (χ1) is 7.84. The third kappa shape index (κ3) is 5.38. The Balaban J connectivity index is 2.05. The van der Waals surface area contributed by atoms with E-state index in [0.29, 0.717) is 5.02 Å². The van der Waals surface area contributed by atoms with Gasteiger partial charge in [0.2, 0.25) is 0 Å². The van der Waals surface area contributed by atoms with Crippen molar-refractivity contribution in [3.8, 4) is 5.75 Å². The van der Waals surface area contributed by atoms with Gasteiger partial charge in [0.25, 0.3) is 0 Å². The number of hydrogen-bond donors (Lipinski definition) is 1. The van der Waals surface area contributed by atoms with E-state index in [1.54, 1.807) is 0 Å². The third-order valence-corrected chi connectivity index (χ3v) is 2.72. The number of unbranched alkanes of at least 4 members (excludes halogenated alkanes) is 1. The highest BCUT2D eigenvalue weighted by atomic mass is 35.5. The fraction of sp³-hybridized carbons (Fsp3) is 0.538. The number of quaternary nitrogens is 1. The zero-order valence-corrected chi connectivity index (χ0v) is 10.7. The molecule has 1 aromatic rings. The van der Waals surface area contributed by atoms with Crippen LogP contribution in [0.2, 0.25) is 5.02 Å². The first-order valence-corrected chi connectivity index (χ1v) is 6.41. The number of rotatable bonds is 8. The van der Waals surface area contributed by atoms with Crippen molar-refractivity contribution in [1.82, 2.24) is 0 Å². The Morgan fingerprint density at radius 2 is 1.94 bits per heavy atom. The predicted molar refractivity (Wildman–Crippen MR) is 68.1 cm³/mol. The molecule has 2 nitrogen and oxygen atoms in total. The average Bonchev–Trinajstić information content (AvgIpc) is 2.30. The summed E-state index contributed by atoms with van der Waals surface area (Å²) in [5.41, 5.74) is 0. The van der Waals surface area contributed by atoms with Gasteiger partial charge in [-0.1, -0.05) is 37.1 Å². The number of benzene rings is 1. The lowest BCUT2D eigenvalue weighted by Gasteiger charge is -2.06. The zero-order chi connectivity index (χ0) is 11.6. The molecule has 0 spiro atoms. The van der Waals surface area contributed by atoms with Crippen LogP contribution >= 0.6 is 11.6 Å². The summed E-state index contributed by atoms with van der Waals surface area (Å²) in [6.45, 7) is 5.31. The van der Waals surface area contributed by atoms with Gasteiger partial charge in [-0.05, 0) is 18.6 Å². The summed E-state index contributed by atoms with van der Waals surface area (Å²) in [6, 6.07) is 7.61. The minimum atomic E-state index is 0.692. The second kappa shape index (κ2) is 8.43. The van der Waals surface area contributed by atoms with Crippen LogP contribution in [0.1, 0.15) is 26.2 Å². The van der Waals surface area contributed by atoms with E-state index in [9.17, 15) is 0 Å². The summed E-state index contributed by atoms with van der Waals surface area (Å²) in [5.74, 6) is 0.790. The lowest BCUT2D eigenvalue weighted by atomic mass is 10.3. The predicted octanol–water partition coefficient (Wildman–Crippen LogP) is 2.47. The molecule has 0 aliphatic carbocycles. The maximum atomic E-state index is 5.97. The molecule has 90 valence electrons. The lowest BCUT2D eigenvalue weighted by molar-refractivity contribution is -0.655. The molecule has 0 radical (unpaired) electrons. The lowest BCUT2D eigenvalue weighted by Crippen LogP contribution is -2.84. The van der Waals surface area contributed by atoms with Crippen LogP contribution in [-0.4, -0.2) is 19.7 Å². The summed E-state index contributed by atoms with van der Waals surface area (Å²) >= 11 is 5.97. The number of nitrogens with two attached hydrogens (primary N) is 1. The molecule has 1 rings (SSSR count). The molecule has 16 heavy (non-hydrogen) atoms. The minimum Gasteiger partial charge on any atom is -0.492 e. The Morgan fingerprint density at radius 1 is 1.19 bits per heavy atom. The molecule has 0 heterocycles. The van der Waals surface area contributed by atoms with E-state index in [0.717, 1.165) is 25.3 Å². The van der Waals surface area contributed by atoms with Crippen molar-refractivity contribution >= 4 is 11.6 Å². The normalized spacial score (nSPS) is 10.4. The molecule has 0 bridgehead atoms. The Hall–Kier alpha value is -0.730. The van der Waals surface area contributed by atoms with Gasteiger partial charge in [0, 0.05) is 6.42 Å². The first kappa shape index (κ1) is 13.3. The quantitative estimate of drug-likeness (QED) is 0.697. The molecule has 0 unspecified atom stereocenters. The average molecular weight is 243 g/mol. The number of hydrogen-bond acceptors (Lipinski definition) is 1. The molecule has 3 heteroatoms. The largest absolute Gasteiger partial charge is 0.492 e. The van der Waals surface area contributed by atoms with Crippen molar-refractivity contribution < 1.29 is 10.1 Å². The minimum absolute atomic E-state index is 0.692. The van der Waals surface area contributed by atoms with Gasteiger partial charge in [-0.15, -0.1) is 0 Å². The van der Waals surface area contributed by atoms with Crippen LogP contribution in [0, 0.1) is 0 Å². The highest BCUT2D eigenvalue weighted by molar-refractivity contribution is 6.32. The van der Waals surface area contributed by atoms with Crippen LogP contribution in [0.3, 0.4) is 0 Å². The third-order valence-electron chi connectivity index (χ3n) is 2.41. The van der Waals surface area contributed by atoms with E-state index in [1.807, 2.05) is 24.3 Å². The van der Waals surface area contributed by atoms with E-state index in [4.69, 9.17) is 16.3 Å². The smallest absolute Gasteiger partial charge is 0.137 e. The molecule has 1 aromatic carbocycles. The number of para-hydroxylation sites is 1. The van der Waals surface area contributed by atoms with Gasteiger partial charge >= 0.3 is 0 Å². The van der Waals surface area contributed by atoms with Crippen molar-refractivity contribution in [3.05, 3.63) is 29.3 Å². The number of ether oxygens (including phenoxy) is 1. The standard InChI is InChI=1S/C13H20ClNO/c1-2-3-9-15-10-6-11-16-13-8-5-4-7-12(13)14/h4-5,7-8,15H,2-3,6,9-11H2,1H3/p+1. The molecule has 0 aliphatic heterocycles. The highest BCUT2D eigenvalue weighted by Crippen LogP contribution is 2.22. The van der Waals surface area contributed by atoms with E-state index < -0.39 is 0 Å². The zero-order valence-electron chi connectivity index (χ0n) is 9.92. The Bertz CT molecular complexity index is 291. The monoisotopic (exact) mass is 242 g/mol. The van der Waals surface area contributed by atoms with Crippen molar-refractivity contribution in [3.63, 3.8) is 0 Å². The molecule has 0 aromatic heterocycles. The Kier molecular flexibility index (Phi) is 7.02. The van der Waals surface area contributed by atoms with Crippen molar-refractivity contribution in [2.45, 2.75) is 26.2 Å². The summed E-state index contributed by atoms with van der Waals surface area (Å²) < 4.78 is 5.59. The van der Waals surface area contributed by atoms with E-state index in [1.165, 1.54) is 19.4 Å². The summed E-state index contributed by atoms with van der Waals surface area (Å²) in [6.07, 6.45) is 3.63. The van der Waals surface area contributed by atoms with Crippen LogP contribution in [-0.2, 0) is 0 Å². The maximum Gasteiger partial charge on any atom is 0.137 e. The van der Waals surface area contributed by atoms with Crippen LogP contribution in [0.5, 0.6) is 5.75 Å². The van der Waals surface area contributed by atoms with Gasteiger partial charge in [0.05, 0.1) is 24.7 Å². The van der Waals surface area contributed by atoms with Gasteiger partial charge < -0.3 is 10.1 Å². The van der Waals surface area contributed by atoms with Gasteiger partial charge in [-0.25, -0.2) is 0 Å². The Labute approximate surface area is 103 Å². The molecule has 0 saturated heterocycles. The molecule has 2 N–H and O–H groups in total. The van der Waals surface area contributed by atoms with Gasteiger partial charge in [-0.2, -0.15) is 0 Å². The van der Waals surface area contributed by atoms with E-state index >= 15 is 0 Å². The van der Waals surface area contributed by atoms with Crippen molar-refractivity contribution in [2.24, 2.45) is 0 Å². The molecule has 0 aliphatic rings. The molecular formula is C13H21ClNO+. The fourth-order valence-corrected chi connectivity index (χ4v) is 1.65. The molecule has 0 saturated carbocycles. The van der Waals surface area contributed by atoms with Gasteiger partial charge in [0.15, 0.2) is 0 Å². The van der Waals surface area contributed by atoms with Crippen molar-refractivity contribution in [2.75, 3.05) is 19.7 Å². The first-order valence-electron chi connectivity index (χ1n) is 6.03. The molecule has 0 fully saturated rings. The second-order valence-corrected chi connectivity index (χ2v) is 4.26. The summed E-state index contributed by atoms with van der Waals surface area (Å²) in [5, 5.41) is 3.04. The van der Waals surface area contributed by atoms with Crippen LogP contribution in [0.4, 0.5) is 0 Å². The van der Waals surface area contributed by atoms with Gasteiger partial charge in [-0.3, -0.25) is 0 Å². The molecular weight excluding hydrogens is 222 g/mol. The topological polar surface area (TPSA) is 25.8 Å². The Morgan fingerprint density at radius 3 is 2.69 bits per heavy atom. The fourth-order valence-electron chi connectivity index (χ4n) is 1.46. The van der Waals surface area contributed by atoms with E-state index in [2.05, 4.69) is 12.2 Å². The van der Waals surface area contributed by atoms with Crippen LogP contribution < -0.4 is 10.1 Å². The SMILES string of the molecule is CCCC[NH2+]CCCOc1ccccc1Cl. The van der Waals surface area contributed by atoms with Crippen molar-refractivity contribution in [1.29, 1.82) is 0 Å². The highest BCUT2D eigenvalue weighted by Gasteiger charge is 1.99. The molecule has 0 amide bonds.